The summed E-state index contributed by atoms with van der Waals surface area (Å²) in [5, 5.41) is 7.54. The molecule has 3 N–H and O–H groups in total. The second-order valence-electron chi connectivity index (χ2n) is 8.28. The number of aromatic nitrogens is 3. The topological polar surface area (TPSA) is 117 Å². The Morgan fingerprint density at radius 1 is 0.973 bits per heavy atom. The predicted molar refractivity (Wildman–Crippen MR) is 144 cm³/mol. The standard InChI is InChI=1S/C28H26N6O3/c1-36-22-14-8-11-19(25(22)37-2)17-31-34-26(29)23(28(35)30-16-15-18-9-4-3-5-10-18)24-27(34)33-21-13-7-6-12-20(21)32-24/h3-14,17H,15-16,29H2,1-2H3,(H,30,35). The average molecular weight is 495 g/mol. The molecule has 0 unspecified atom stereocenters. The number of nitrogen functional groups attached to an aromatic ring is 1. The molecule has 5 rings (SSSR count). The quantitative estimate of drug-likeness (QED) is 0.315. The largest absolute Gasteiger partial charge is 0.493 e. The normalized spacial score (nSPS) is 11.3. The lowest BCUT2D eigenvalue weighted by molar-refractivity contribution is 0.0956. The van der Waals surface area contributed by atoms with E-state index in [4.69, 9.17) is 25.2 Å². The zero-order chi connectivity index (χ0) is 25.8. The minimum atomic E-state index is -0.337. The first-order valence-electron chi connectivity index (χ1n) is 11.7. The van der Waals surface area contributed by atoms with Crippen LogP contribution in [0.2, 0.25) is 0 Å². The van der Waals surface area contributed by atoms with E-state index in [1.807, 2.05) is 66.7 Å². The molecule has 0 bridgehead atoms. The fraction of sp³-hybridized carbons (Fsp3) is 0.143. The van der Waals surface area contributed by atoms with Gasteiger partial charge < -0.3 is 20.5 Å². The van der Waals surface area contributed by atoms with Gasteiger partial charge in [0.1, 0.15) is 16.9 Å². The number of anilines is 1. The lowest BCUT2D eigenvalue weighted by Gasteiger charge is -2.09. The number of carbonyl (C=O) groups excluding carboxylic acids is 1. The van der Waals surface area contributed by atoms with Crippen molar-refractivity contribution in [3.63, 3.8) is 0 Å². The number of rotatable bonds is 8. The van der Waals surface area contributed by atoms with Crippen LogP contribution in [0.1, 0.15) is 21.5 Å². The van der Waals surface area contributed by atoms with Crippen molar-refractivity contribution in [1.29, 1.82) is 0 Å². The second kappa shape index (κ2) is 10.4. The number of ether oxygens (including phenoxy) is 2. The molecule has 9 heteroatoms. The number of fused-ring (bicyclic) bond motifs is 2. The fourth-order valence-electron chi connectivity index (χ4n) is 4.18. The maximum atomic E-state index is 13.3. The average Bonchev–Trinajstić information content (AvgIpc) is 3.20. The third kappa shape index (κ3) is 4.66. The van der Waals surface area contributed by atoms with Gasteiger partial charge in [0.15, 0.2) is 17.1 Å². The number of benzene rings is 3. The van der Waals surface area contributed by atoms with Crippen molar-refractivity contribution in [2.75, 3.05) is 26.5 Å². The van der Waals surface area contributed by atoms with E-state index in [0.29, 0.717) is 52.2 Å². The van der Waals surface area contributed by atoms with Crippen molar-refractivity contribution < 1.29 is 14.3 Å². The molecule has 0 spiro atoms. The predicted octanol–water partition coefficient (Wildman–Crippen LogP) is 4.04. The van der Waals surface area contributed by atoms with Crippen molar-refractivity contribution in [2.24, 2.45) is 5.10 Å². The van der Waals surface area contributed by atoms with Crippen LogP contribution < -0.4 is 20.5 Å². The summed E-state index contributed by atoms with van der Waals surface area (Å²) in [6.45, 7) is 0.445. The summed E-state index contributed by atoms with van der Waals surface area (Å²) >= 11 is 0. The lowest BCUT2D eigenvalue weighted by atomic mass is 10.1. The Hall–Kier alpha value is -4.92. The van der Waals surface area contributed by atoms with Crippen molar-refractivity contribution in [2.45, 2.75) is 6.42 Å². The molecule has 0 aliphatic heterocycles. The van der Waals surface area contributed by atoms with E-state index in [-0.39, 0.29) is 17.3 Å². The van der Waals surface area contributed by atoms with E-state index in [9.17, 15) is 4.79 Å². The van der Waals surface area contributed by atoms with Gasteiger partial charge >= 0.3 is 0 Å². The number of carbonyl (C=O) groups is 1. The molecule has 0 aliphatic rings. The monoisotopic (exact) mass is 494 g/mol. The van der Waals surface area contributed by atoms with Crippen LogP contribution in [0.15, 0.2) is 77.9 Å². The molecule has 3 aromatic carbocycles. The molecule has 2 heterocycles. The van der Waals surface area contributed by atoms with Gasteiger partial charge in [0.05, 0.1) is 31.5 Å². The smallest absolute Gasteiger partial charge is 0.257 e. The summed E-state index contributed by atoms with van der Waals surface area (Å²) in [6.07, 6.45) is 2.28. The van der Waals surface area contributed by atoms with E-state index >= 15 is 0 Å². The van der Waals surface area contributed by atoms with Gasteiger partial charge in [0.2, 0.25) is 0 Å². The van der Waals surface area contributed by atoms with Crippen molar-refractivity contribution in [3.05, 3.63) is 89.5 Å². The maximum Gasteiger partial charge on any atom is 0.257 e. The summed E-state index contributed by atoms with van der Waals surface area (Å²) in [4.78, 5) is 22.8. The van der Waals surface area contributed by atoms with E-state index in [1.54, 1.807) is 26.5 Å². The molecule has 5 aromatic rings. The third-order valence-electron chi connectivity index (χ3n) is 5.99. The first-order chi connectivity index (χ1) is 18.1. The van der Waals surface area contributed by atoms with E-state index in [0.717, 1.165) is 5.56 Å². The lowest BCUT2D eigenvalue weighted by Crippen LogP contribution is -2.26. The van der Waals surface area contributed by atoms with Gasteiger partial charge in [-0.1, -0.05) is 48.5 Å². The molecule has 0 aliphatic carbocycles. The highest BCUT2D eigenvalue weighted by Gasteiger charge is 2.24. The van der Waals surface area contributed by atoms with Gasteiger partial charge in [-0.3, -0.25) is 4.79 Å². The van der Waals surface area contributed by atoms with Crippen LogP contribution in [0.3, 0.4) is 0 Å². The highest BCUT2D eigenvalue weighted by Crippen LogP contribution is 2.31. The molecule has 0 saturated carbocycles. The number of methoxy groups -OCH3 is 2. The Morgan fingerprint density at radius 2 is 1.70 bits per heavy atom. The zero-order valence-corrected chi connectivity index (χ0v) is 20.5. The van der Waals surface area contributed by atoms with Gasteiger partial charge in [0, 0.05) is 12.1 Å². The van der Waals surface area contributed by atoms with Crippen LogP contribution in [0, 0.1) is 0 Å². The molecule has 2 aromatic heterocycles. The number of nitrogens with zero attached hydrogens (tertiary/aromatic N) is 4. The van der Waals surface area contributed by atoms with Crippen LogP contribution in [0.4, 0.5) is 5.82 Å². The van der Waals surface area contributed by atoms with Gasteiger partial charge in [-0.15, -0.1) is 0 Å². The van der Waals surface area contributed by atoms with Gasteiger partial charge in [-0.05, 0) is 36.2 Å². The van der Waals surface area contributed by atoms with Crippen molar-refractivity contribution >= 4 is 40.1 Å². The molecule has 37 heavy (non-hydrogen) atoms. The Balaban J connectivity index is 1.56. The molecule has 0 fully saturated rings. The summed E-state index contributed by atoms with van der Waals surface area (Å²) in [5.74, 6) is 0.900. The summed E-state index contributed by atoms with van der Waals surface area (Å²) in [7, 11) is 3.13. The first-order valence-corrected chi connectivity index (χ1v) is 11.7. The highest BCUT2D eigenvalue weighted by atomic mass is 16.5. The second-order valence-corrected chi connectivity index (χ2v) is 8.28. The van der Waals surface area contributed by atoms with E-state index in [2.05, 4.69) is 10.4 Å². The SMILES string of the molecule is COc1cccc(C=Nn2c(N)c(C(=O)NCCc3ccccc3)c3nc4ccccc4nc32)c1OC. The molecule has 0 radical (unpaired) electrons. The van der Waals surface area contributed by atoms with Gasteiger partial charge in [-0.2, -0.15) is 9.78 Å². The molecular formula is C28H26N6O3. The molecule has 0 saturated heterocycles. The van der Waals surface area contributed by atoms with E-state index in [1.165, 1.54) is 4.68 Å². The highest BCUT2D eigenvalue weighted by molar-refractivity contribution is 6.10. The van der Waals surface area contributed by atoms with Crippen molar-refractivity contribution in [3.8, 4) is 11.5 Å². The number of amides is 1. The van der Waals surface area contributed by atoms with Crippen LogP contribution in [0.5, 0.6) is 11.5 Å². The minimum Gasteiger partial charge on any atom is -0.493 e. The van der Waals surface area contributed by atoms with Crippen molar-refractivity contribution in [1.82, 2.24) is 20.0 Å². The number of nitrogens with one attached hydrogen (secondary N) is 1. The number of hydrogen-bond donors (Lipinski definition) is 2. The summed E-state index contributed by atoms with van der Waals surface area (Å²) in [5.41, 5.74) is 10.6. The minimum absolute atomic E-state index is 0.139. The Morgan fingerprint density at radius 3 is 2.43 bits per heavy atom. The number of nitrogens with two attached hydrogens (primary N) is 1. The third-order valence-corrected chi connectivity index (χ3v) is 5.99. The number of para-hydroxylation sites is 3. The molecular weight excluding hydrogens is 468 g/mol. The summed E-state index contributed by atoms with van der Waals surface area (Å²) < 4.78 is 12.3. The van der Waals surface area contributed by atoms with Crippen LogP contribution >= 0.6 is 0 Å². The summed E-state index contributed by atoms with van der Waals surface area (Å²) in [6, 6.07) is 22.9. The molecule has 9 nitrogen and oxygen atoms in total. The molecule has 0 atom stereocenters. The van der Waals surface area contributed by atoms with Gasteiger partial charge in [-0.25, -0.2) is 9.97 Å². The van der Waals surface area contributed by atoms with Crippen LogP contribution in [-0.2, 0) is 6.42 Å². The Bertz CT molecular complexity index is 1610. The van der Waals surface area contributed by atoms with Gasteiger partial charge in [0.25, 0.3) is 5.91 Å². The first kappa shape index (κ1) is 23.8. The number of hydrogen-bond acceptors (Lipinski definition) is 7. The Kier molecular flexibility index (Phi) is 6.67. The van der Waals surface area contributed by atoms with Crippen LogP contribution in [0.25, 0.3) is 22.2 Å². The van der Waals surface area contributed by atoms with Crippen LogP contribution in [-0.4, -0.2) is 47.5 Å². The molecule has 1 amide bonds. The Labute approximate surface area is 213 Å². The fourth-order valence-corrected chi connectivity index (χ4v) is 4.18. The maximum absolute atomic E-state index is 13.3. The zero-order valence-electron chi connectivity index (χ0n) is 20.5. The molecule has 186 valence electrons. The van der Waals surface area contributed by atoms with E-state index < -0.39 is 0 Å².